The Kier molecular flexibility index (Phi) is 27.2. The topological polar surface area (TPSA) is 0 Å². The molecule has 0 heterocycles. The van der Waals surface area contributed by atoms with E-state index in [2.05, 4.69) is 55.0 Å². The van der Waals surface area contributed by atoms with Gasteiger partial charge in [0.25, 0.3) is 0 Å². The van der Waals surface area contributed by atoms with Gasteiger partial charge in [0.05, 0.1) is 0 Å². The molecule has 0 spiro atoms. The minimum atomic E-state index is 0.727. The molecule has 0 aromatic heterocycles. The zero-order chi connectivity index (χ0) is 14.1. The van der Waals surface area contributed by atoms with E-state index in [9.17, 15) is 0 Å². The Bertz CT molecular complexity index is 116. The van der Waals surface area contributed by atoms with Gasteiger partial charge in [-0.1, -0.05) is 92.2 Å². The summed E-state index contributed by atoms with van der Waals surface area (Å²) in [5, 5.41) is 0. The lowest BCUT2D eigenvalue weighted by atomic mass is 9.98. The lowest BCUT2D eigenvalue weighted by Crippen LogP contribution is -1.93. The molecular formula is C17H38. The van der Waals surface area contributed by atoms with Crippen LogP contribution in [0, 0.1) is 5.92 Å². The maximum Gasteiger partial charge on any atom is -0.0237 e. The van der Waals surface area contributed by atoms with Crippen molar-refractivity contribution < 1.29 is 0 Å². The molecule has 0 rings (SSSR count). The van der Waals surface area contributed by atoms with Crippen molar-refractivity contribution in [2.24, 2.45) is 5.92 Å². The molecule has 0 aliphatic carbocycles. The maximum absolute atomic E-state index is 3.91. The predicted molar refractivity (Wildman–Crippen MR) is 84.7 cm³/mol. The molecule has 0 aromatic carbocycles. The average Bonchev–Trinajstić information content (AvgIpc) is 2.36. The largest absolute Gasteiger partial charge is 0.0999 e. The Morgan fingerprint density at radius 3 is 1.35 bits per heavy atom. The summed E-state index contributed by atoms with van der Waals surface area (Å²) in [6, 6.07) is 0. The predicted octanol–water partition coefficient (Wildman–Crippen LogP) is 7.00. The highest BCUT2D eigenvalue weighted by atomic mass is 14.0. The molecule has 1 unspecified atom stereocenters. The van der Waals surface area contributed by atoms with Crippen LogP contribution in [0.4, 0.5) is 0 Å². The summed E-state index contributed by atoms with van der Waals surface area (Å²) in [6.45, 7) is 19.2. The van der Waals surface area contributed by atoms with Crippen LogP contribution in [0.5, 0.6) is 0 Å². The standard InChI is InChI=1S/C9H18.2C4H10/c1-5-6-7-9(4)8(2)3;2*1-3-4-2/h9H,2,5-7H2,1,3-4H3;2*3-4H2,1-2H3. The molecule has 0 amide bonds. The van der Waals surface area contributed by atoms with Gasteiger partial charge in [-0.15, -0.1) is 0 Å². The third-order valence-electron chi connectivity index (χ3n) is 2.83. The van der Waals surface area contributed by atoms with E-state index in [4.69, 9.17) is 0 Å². The summed E-state index contributed by atoms with van der Waals surface area (Å²) < 4.78 is 0. The van der Waals surface area contributed by atoms with Crippen LogP contribution >= 0.6 is 0 Å². The molecule has 0 bridgehead atoms. The van der Waals surface area contributed by atoms with Crippen molar-refractivity contribution in [1.82, 2.24) is 0 Å². The van der Waals surface area contributed by atoms with Crippen LogP contribution < -0.4 is 0 Å². The van der Waals surface area contributed by atoms with Gasteiger partial charge >= 0.3 is 0 Å². The highest BCUT2D eigenvalue weighted by Gasteiger charge is 1.99. The highest BCUT2D eigenvalue weighted by molar-refractivity contribution is 4.93. The molecule has 0 heteroatoms. The first kappa shape index (κ1) is 22.0. The van der Waals surface area contributed by atoms with Crippen LogP contribution in [0.15, 0.2) is 12.2 Å². The first-order valence-electron chi connectivity index (χ1n) is 7.66. The Labute approximate surface area is 112 Å². The third-order valence-corrected chi connectivity index (χ3v) is 2.83. The van der Waals surface area contributed by atoms with Crippen LogP contribution in [-0.4, -0.2) is 0 Å². The zero-order valence-electron chi connectivity index (χ0n) is 13.7. The van der Waals surface area contributed by atoms with Gasteiger partial charge in [0, 0.05) is 0 Å². The summed E-state index contributed by atoms with van der Waals surface area (Å²) in [4.78, 5) is 0. The second-order valence-electron chi connectivity index (χ2n) is 4.89. The minimum absolute atomic E-state index is 0.727. The normalized spacial score (nSPS) is 10.5. The minimum Gasteiger partial charge on any atom is -0.0999 e. The van der Waals surface area contributed by atoms with Crippen molar-refractivity contribution in [1.29, 1.82) is 0 Å². The van der Waals surface area contributed by atoms with Gasteiger partial charge in [0.15, 0.2) is 0 Å². The molecule has 106 valence electrons. The van der Waals surface area contributed by atoms with E-state index in [1.54, 1.807) is 0 Å². The number of unbranched alkanes of at least 4 members (excludes halogenated alkanes) is 3. The second kappa shape index (κ2) is 21.1. The molecule has 0 nitrogen and oxygen atoms in total. The van der Waals surface area contributed by atoms with Crippen molar-refractivity contribution >= 4 is 0 Å². The van der Waals surface area contributed by atoms with Gasteiger partial charge in [-0.3, -0.25) is 0 Å². The van der Waals surface area contributed by atoms with Gasteiger partial charge in [-0.05, 0) is 19.3 Å². The lowest BCUT2D eigenvalue weighted by molar-refractivity contribution is 0.573. The molecule has 0 aromatic rings. The Hall–Kier alpha value is -0.260. The first-order chi connectivity index (χ1) is 8.01. The van der Waals surface area contributed by atoms with E-state index in [0.717, 1.165) is 5.92 Å². The van der Waals surface area contributed by atoms with Crippen molar-refractivity contribution in [2.75, 3.05) is 0 Å². The monoisotopic (exact) mass is 242 g/mol. The highest BCUT2D eigenvalue weighted by Crippen LogP contribution is 2.14. The zero-order valence-corrected chi connectivity index (χ0v) is 13.7. The van der Waals surface area contributed by atoms with E-state index >= 15 is 0 Å². The van der Waals surface area contributed by atoms with Gasteiger partial charge < -0.3 is 0 Å². The Morgan fingerprint density at radius 1 is 0.824 bits per heavy atom. The molecule has 0 fully saturated rings. The summed E-state index contributed by atoms with van der Waals surface area (Å²) in [5.74, 6) is 0.727. The number of hydrogen-bond acceptors (Lipinski definition) is 0. The number of rotatable bonds is 6. The Morgan fingerprint density at radius 2 is 1.18 bits per heavy atom. The number of hydrogen-bond donors (Lipinski definition) is 0. The molecule has 0 radical (unpaired) electrons. The molecule has 0 N–H and O–H groups in total. The molecule has 0 saturated heterocycles. The summed E-state index contributed by atoms with van der Waals surface area (Å²) >= 11 is 0. The van der Waals surface area contributed by atoms with E-state index in [1.165, 1.54) is 50.5 Å². The van der Waals surface area contributed by atoms with Gasteiger partial charge in [0.1, 0.15) is 0 Å². The van der Waals surface area contributed by atoms with Crippen LogP contribution in [-0.2, 0) is 0 Å². The van der Waals surface area contributed by atoms with Crippen LogP contribution in [0.2, 0.25) is 0 Å². The van der Waals surface area contributed by atoms with E-state index in [0.29, 0.717) is 0 Å². The fourth-order valence-corrected chi connectivity index (χ4v) is 0.757. The van der Waals surface area contributed by atoms with Crippen LogP contribution in [0.1, 0.15) is 93.4 Å². The molecule has 0 aliphatic heterocycles. The molecule has 17 heavy (non-hydrogen) atoms. The maximum atomic E-state index is 3.91. The first-order valence-corrected chi connectivity index (χ1v) is 7.66. The smallest absolute Gasteiger partial charge is 0.0237 e. The molecular weight excluding hydrogens is 204 g/mol. The van der Waals surface area contributed by atoms with Gasteiger partial charge in [-0.2, -0.15) is 0 Å². The van der Waals surface area contributed by atoms with E-state index in [1.807, 2.05) is 0 Å². The number of allylic oxidation sites excluding steroid dienone is 1. The molecule has 0 saturated carbocycles. The van der Waals surface area contributed by atoms with Crippen LogP contribution in [0.3, 0.4) is 0 Å². The third kappa shape index (κ3) is 31.3. The van der Waals surface area contributed by atoms with Gasteiger partial charge in [0.2, 0.25) is 0 Å². The summed E-state index contributed by atoms with van der Waals surface area (Å²) in [6.07, 6.45) is 9.23. The fraction of sp³-hybridized carbons (Fsp3) is 0.882. The van der Waals surface area contributed by atoms with Crippen molar-refractivity contribution in [2.45, 2.75) is 93.4 Å². The molecule has 0 aliphatic rings. The van der Waals surface area contributed by atoms with Crippen molar-refractivity contribution in [3.05, 3.63) is 12.2 Å². The molecule has 1 atom stereocenters. The summed E-state index contributed by atoms with van der Waals surface area (Å²) in [7, 11) is 0. The SMILES string of the molecule is C=C(C)C(C)CCCC.CCCC.CCCC. The van der Waals surface area contributed by atoms with E-state index < -0.39 is 0 Å². The van der Waals surface area contributed by atoms with E-state index in [-0.39, 0.29) is 0 Å². The second-order valence-corrected chi connectivity index (χ2v) is 4.89. The lowest BCUT2D eigenvalue weighted by Gasteiger charge is -2.08. The summed E-state index contributed by atoms with van der Waals surface area (Å²) in [5.41, 5.74) is 1.32. The van der Waals surface area contributed by atoms with Gasteiger partial charge in [-0.25, -0.2) is 0 Å². The van der Waals surface area contributed by atoms with Crippen molar-refractivity contribution in [3.8, 4) is 0 Å². The van der Waals surface area contributed by atoms with Crippen molar-refractivity contribution in [3.63, 3.8) is 0 Å². The quantitative estimate of drug-likeness (QED) is 0.440. The van der Waals surface area contributed by atoms with Crippen LogP contribution in [0.25, 0.3) is 0 Å². The Balaban J connectivity index is -0.000000205. The average molecular weight is 242 g/mol. The fourth-order valence-electron chi connectivity index (χ4n) is 0.757.